The van der Waals surface area contributed by atoms with Crippen molar-refractivity contribution in [3.05, 3.63) is 0 Å². The number of hydrogen-bond donors (Lipinski definition) is 1. The second-order valence-corrected chi connectivity index (χ2v) is 4.46. The maximum atomic E-state index is 11.7. The monoisotopic (exact) mass is 239 g/mol. The molecule has 0 heterocycles. The van der Waals surface area contributed by atoms with Crippen LogP contribution in [0.3, 0.4) is 0 Å². The van der Waals surface area contributed by atoms with Crippen LogP contribution >= 0.6 is 0 Å². The molecule has 0 aromatic rings. The summed E-state index contributed by atoms with van der Waals surface area (Å²) in [5, 5.41) is 3.22. The summed E-state index contributed by atoms with van der Waals surface area (Å²) in [6.07, 6.45) is 0.814. The van der Waals surface area contributed by atoms with Gasteiger partial charge in [-0.3, -0.25) is 0 Å². The number of hydrogen-bond acceptors (Lipinski definition) is 2. The van der Waals surface area contributed by atoms with Crippen molar-refractivity contribution in [1.82, 2.24) is 5.32 Å². The fraction of sp³-hybridized carbons (Fsp3) is 1.00. The number of ether oxygens (including phenoxy) is 1. The van der Waals surface area contributed by atoms with Crippen molar-refractivity contribution in [2.75, 3.05) is 19.8 Å². The zero-order valence-corrected chi connectivity index (χ0v) is 9.65. The Labute approximate surface area is 94.5 Å². The highest BCUT2D eigenvalue weighted by Crippen LogP contribution is 2.27. The topological polar surface area (TPSA) is 21.3 Å². The lowest BCUT2D eigenvalue weighted by Gasteiger charge is -2.20. The summed E-state index contributed by atoms with van der Waals surface area (Å²) in [6, 6.07) is 0.386. The number of alkyl halides is 3. The molecule has 0 unspecified atom stereocenters. The SMILES string of the molecule is C[C@H](NCCOCC(F)(F)F)C1CCCC1. The normalized spacial score (nSPS) is 20.2. The van der Waals surface area contributed by atoms with Gasteiger partial charge in [0.05, 0.1) is 6.61 Å². The third-order valence-electron chi connectivity index (χ3n) is 3.09. The van der Waals surface area contributed by atoms with Gasteiger partial charge in [0.15, 0.2) is 0 Å². The molecule has 1 atom stereocenters. The molecule has 0 radical (unpaired) electrons. The second kappa shape index (κ2) is 6.45. The highest BCUT2D eigenvalue weighted by molar-refractivity contribution is 4.76. The number of nitrogens with one attached hydrogen (secondary N) is 1. The van der Waals surface area contributed by atoms with Gasteiger partial charge < -0.3 is 10.1 Å². The van der Waals surface area contributed by atoms with Crippen molar-refractivity contribution in [1.29, 1.82) is 0 Å². The molecule has 0 saturated heterocycles. The van der Waals surface area contributed by atoms with E-state index < -0.39 is 12.8 Å². The quantitative estimate of drug-likeness (QED) is 0.720. The van der Waals surface area contributed by atoms with E-state index in [1.165, 1.54) is 25.7 Å². The first-order valence-electron chi connectivity index (χ1n) is 5.87. The first kappa shape index (κ1) is 13.8. The van der Waals surface area contributed by atoms with E-state index in [2.05, 4.69) is 17.0 Å². The largest absolute Gasteiger partial charge is 0.411 e. The van der Waals surface area contributed by atoms with Crippen LogP contribution in [0.25, 0.3) is 0 Å². The zero-order valence-electron chi connectivity index (χ0n) is 9.65. The van der Waals surface area contributed by atoms with Crippen LogP contribution in [0.2, 0.25) is 0 Å². The molecule has 0 aromatic carbocycles. The Bertz CT molecular complexity index is 190. The van der Waals surface area contributed by atoms with Gasteiger partial charge in [0.2, 0.25) is 0 Å². The Balaban J connectivity index is 1.98. The molecule has 0 amide bonds. The molecule has 16 heavy (non-hydrogen) atoms. The van der Waals surface area contributed by atoms with Gasteiger partial charge in [-0.15, -0.1) is 0 Å². The molecule has 2 nitrogen and oxygen atoms in total. The van der Waals surface area contributed by atoms with Gasteiger partial charge >= 0.3 is 6.18 Å². The summed E-state index contributed by atoms with van der Waals surface area (Å²) in [7, 11) is 0. The Morgan fingerprint density at radius 3 is 2.50 bits per heavy atom. The minimum absolute atomic E-state index is 0.122. The van der Waals surface area contributed by atoms with Crippen LogP contribution in [0, 0.1) is 5.92 Å². The van der Waals surface area contributed by atoms with Gasteiger partial charge in [-0.2, -0.15) is 13.2 Å². The van der Waals surface area contributed by atoms with E-state index in [0.717, 1.165) is 0 Å². The van der Waals surface area contributed by atoms with E-state index in [9.17, 15) is 13.2 Å². The Morgan fingerprint density at radius 2 is 1.94 bits per heavy atom. The average Bonchev–Trinajstić information content (AvgIpc) is 2.67. The van der Waals surface area contributed by atoms with Crippen molar-refractivity contribution < 1.29 is 17.9 Å². The fourth-order valence-corrected chi connectivity index (χ4v) is 2.17. The van der Waals surface area contributed by atoms with Gasteiger partial charge in [-0.25, -0.2) is 0 Å². The molecule has 1 rings (SSSR count). The minimum atomic E-state index is -4.21. The summed E-state index contributed by atoms with van der Waals surface area (Å²) in [5.74, 6) is 0.683. The van der Waals surface area contributed by atoms with E-state index in [0.29, 0.717) is 18.5 Å². The standard InChI is InChI=1S/C11H20F3NO/c1-9(10-4-2-3-5-10)15-6-7-16-8-11(12,13)14/h9-10,15H,2-8H2,1H3/t9-/m0/s1. The van der Waals surface area contributed by atoms with Crippen LogP contribution in [0.5, 0.6) is 0 Å². The molecule has 0 aromatic heterocycles. The molecule has 96 valence electrons. The van der Waals surface area contributed by atoms with Crippen LogP contribution in [0.15, 0.2) is 0 Å². The molecule has 5 heteroatoms. The van der Waals surface area contributed by atoms with Gasteiger partial charge in [0.1, 0.15) is 6.61 Å². The van der Waals surface area contributed by atoms with Crippen molar-refractivity contribution >= 4 is 0 Å². The summed E-state index contributed by atoms with van der Waals surface area (Å²) < 4.78 is 39.7. The van der Waals surface area contributed by atoms with Gasteiger partial charge in [-0.1, -0.05) is 12.8 Å². The van der Waals surface area contributed by atoms with Crippen molar-refractivity contribution in [3.63, 3.8) is 0 Å². The van der Waals surface area contributed by atoms with Gasteiger partial charge in [-0.05, 0) is 25.7 Å². The first-order valence-corrected chi connectivity index (χ1v) is 5.87. The minimum Gasteiger partial charge on any atom is -0.371 e. The smallest absolute Gasteiger partial charge is 0.371 e. The molecule has 0 aliphatic heterocycles. The Kier molecular flexibility index (Phi) is 5.55. The molecular formula is C11H20F3NO. The highest BCUT2D eigenvalue weighted by atomic mass is 19.4. The molecule has 0 spiro atoms. The lowest BCUT2D eigenvalue weighted by Crippen LogP contribution is -2.35. The van der Waals surface area contributed by atoms with Crippen LogP contribution in [-0.2, 0) is 4.74 Å². The maximum absolute atomic E-state index is 11.7. The van der Waals surface area contributed by atoms with E-state index in [-0.39, 0.29) is 6.61 Å². The van der Waals surface area contributed by atoms with Crippen LogP contribution < -0.4 is 5.32 Å². The predicted molar refractivity (Wildman–Crippen MR) is 56.3 cm³/mol. The summed E-state index contributed by atoms with van der Waals surface area (Å²) >= 11 is 0. The molecule has 1 fully saturated rings. The van der Waals surface area contributed by atoms with Crippen molar-refractivity contribution in [2.24, 2.45) is 5.92 Å². The fourth-order valence-electron chi connectivity index (χ4n) is 2.17. The molecule has 0 bridgehead atoms. The summed E-state index contributed by atoms with van der Waals surface area (Å²) in [6.45, 7) is 1.57. The van der Waals surface area contributed by atoms with Crippen LogP contribution in [-0.4, -0.2) is 32.0 Å². The van der Waals surface area contributed by atoms with E-state index in [1.54, 1.807) is 0 Å². The van der Waals surface area contributed by atoms with Crippen molar-refractivity contribution in [2.45, 2.75) is 44.8 Å². The average molecular weight is 239 g/mol. The molecule has 1 aliphatic rings. The molecule has 1 N–H and O–H groups in total. The van der Waals surface area contributed by atoms with E-state index in [1.807, 2.05) is 0 Å². The Morgan fingerprint density at radius 1 is 1.31 bits per heavy atom. The third kappa shape index (κ3) is 5.70. The second-order valence-electron chi connectivity index (χ2n) is 4.46. The summed E-state index contributed by atoms with van der Waals surface area (Å²) in [4.78, 5) is 0. The van der Waals surface area contributed by atoms with Crippen LogP contribution in [0.1, 0.15) is 32.6 Å². The third-order valence-corrected chi connectivity index (χ3v) is 3.09. The first-order chi connectivity index (χ1) is 7.49. The number of halogens is 3. The predicted octanol–water partition coefficient (Wildman–Crippen LogP) is 2.73. The van der Waals surface area contributed by atoms with Crippen LogP contribution in [0.4, 0.5) is 13.2 Å². The maximum Gasteiger partial charge on any atom is 0.411 e. The van der Waals surface area contributed by atoms with Gasteiger partial charge in [0.25, 0.3) is 0 Å². The Hall–Kier alpha value is -0.290. The van der Waals surface area contributed by atoms with E-state index in [4.69, 9.17) is 0 Å². The summed E-state index contributed by atoms with van der Waals surface area (Å²) in [5.41, 5.74) is 0. The number of rotatable bonds is 6. The van der Waals surface area contributed by atoms with Crippen molar-refractivity contribution in [3.8, 4) is 0 Å². The lowest BCUT2D eigenvalue weighted by molar-refractivity contribution is -0.173. The highest BCUT2D eigenvalue weighted by Gasteiger charge is 2.27. The van der Waals surface area contributed by atoms with E-state index >= 15 is 0 Å². The lowest BCUT2D eigenvalue weighted by atomic mass is 10.00. The molecular weight excluding hydrogens is 219 g/mol. The molecule has 1 aliphatic carbocycles. The zero-order chi connectivity index (χ0) is 12.0. The molecule has 1 saturated carbocycles. The van der Waals surface area contributed by atoms with Gasteiger partial charge in [0, 0.05) is 12.6 Å².